The highest BCUT2D eigenvalue weighted by Crippen LogP contribution is 2.48. The summed E-state index contributed by atoms with van der Waals surface area (Å²) in [5.41, 5.74) is 1.61. The molecule has 0 spiro atoms. The summed E-state index contributed by atoms with van der Waals surface area (Å²) in [5.74, 6) is 1.84. The van der Waals surface area contributed by atoms with Crippen molar-refractivity contribution in [3.8, 4) is 0 Å². The standard InChI is InChI=1S/C29H53NO2/c1-7-8-12-23(6)17-26(31)14-15-27-28-19-24(18-25(28)20-29(27)32)13-10-9-11-16-30(21(2)3)22(4)5/h14-15,18,21-23,25-29,31-32H,7-13,16-17,19-20H2,1-6H3/t23-,25-,26+,27+,28-,29+/m0/s1. The molecule has 0 aromatic rings. The Morgan fingerprint density at radius 1 is 1.06 bits per heavy atom. The van der Waals surface area contributed by atoms with Gasteiger partial charge in [-0.3, -0.25) is 4.90 Å². The first-order valence-electron chi connectivity index (χ1n) is 13.7. The second kappa shape index (κ2) is 13.9. The average Bonchev–Trinajstić information content (AvgIpc) is 3.23. The summed E-state index contributed by atoms with van der Waals surface area (Å²) in [6.07, 6.45) is 17.6. The van der Waals surface area contributed by atoms with Crippen LogP contribution >= 0.6 is 0 Å². The van der Waals surface area contributed by atoms with Crippen molar-refractivity contribution in [2.24, 2.45) is 23.7 Å². The van der Waals surface area contributed by atoms with Crippen LogP contribution in [0.4, 0.5) is 0 Å². The van der Waals surface area contributed by atoms with E-state index in [1.54, 1.807) is 5.57 Å². The summed E-state index contributed by atoms with van der Waals surface area (Å²) in [6, 6.07) is 1.25. The number of hydrogen-bond donors (Lipinski definition) is 2. The molecule has 32 heavy (non-hydrogen) atoms. The fourth-order valence-corrected chi connectivity index (χ4v) is 6.14. The van der Waals surface area contributed by atoms with E-state index in [0.29, 0.717) is 29.8 Å². The van der Waals surface area contributed by atoms with Crippen LogP contribution < -0.4 is 0 Å². The van der Waals surface area contributed by atoms with Gasteiger partial charge in [0.15, 0.2) is 0 Å². The Labute approximate surface area is 199 Å². The van der Waals surface area contributed by atoms with Crippen LogP contribution in [0.15, 0.2) is 23.8 Å². The molecule has 1 saturated carbocycles. The SMILES string of the molecule is CCCC[C@H](C)C[C@H](O)C=C[C@@H]1[C@H]2CC(CCCCCN(C(C)C)C(C)C)=C[C@H]2C[C@H]1O. The number of aliphatic hydroxyl groups excluding tert-OH is 2. The third-order valence-corrected chi connectivity index (χ3v) is 7.94. The first-order chi connectivity index (χ1) is 15.2. The number of hydrogen-bond acceptors (Lipinski definition) is 3. The molecule has 0 radical (unpaired) electrons. The number of nitrogens with zero attached hydrogens (tertiary/aromatic N) is 1. The quantitative estimate of drug-likeness (QED) is 0.216. The molecule has 0 amide bonds. The van der Waals surface area contributed by atoms with E-state index in [2.05, 4.69) is 58.6 Å². The molecule has 0 aromatic carbocycles. The van der Waals surface area contributed by atoms with Gasteiger partial charge < -0.3 is 10.2 Å². The first kappa shape index (κ1) is 27.6. The maximum absolute atomic E-state index is 10.6. The normalized spacial score (nSPS) is 27.7. The van der Waals surface area contributed by atoms with Crippen LogP contribution in [-0.4, -0.2) is 45.9 Å². The molecule has 2 rings (SSSR count). The third kappa shape index (κ3) is 8.61. The molecule has 0 bridgehead atoms. The Kier molecular flexibility index (Phi) is 12.0. The Hall–Kier alpha value is -0.640. The van der Waals surface area contributed by atoms with Gasteiger partial charge in [-0.25, -0.2) is 0 Å². The maximum Gasteiger partial charge on any atom is 0.0723 e. The molecular formula is C29H53NO2. The number of rotatable bonds is 15. The molecular weight excluding hydrogens is 394 g/mol. The highest BCUT2D eigenvalue weighted by molar-refractivity contribution is 5.21. The third-order valence-electron chi connectivity index (χ3n) is 7.94. The lowest BCUT2D eigenvalue weighted by atomic mass is 9.88. The van der Waals surface area contributed by atoms with Crippen LogP contribution in [0.1, 0.15) is 106 Å². The van der Waals surface area contributed by atoms with Crippen LogP contribution in [0.25, 0.3) is 0 Å². The molecule has 186 valence electrons. The zero-order valence-corrected chi connectivity index (χ0v) is 22.0. The largest absolute Gasteiger partial charge is 0.392 e. The average molecular weight is 448 g/mol. The highest BCUT2D eigenvalue weighted by Gasteiger charge is 2.43. The predicted molar refractivity (Wildman–Crippen MR) is 138 cm³/mol. The lowest BCUT2D eigenvalue weighted by Crippen LogP contribution is -2.37. The molecule has 0 aliphatic heterocycles. The monoisotopic (exact) mass is 447 g/mol. The molecule has 0 saturated heterocycles. The molecule has 3 nitrogen and oxygen atoms in total. The highest BCUT2D eigenvalue weighted by atomic mass is 16.3. The van der Waals surface area contributed by atoms with Gasteiger partial charge in [0.05, 0.1) is 12.2 Å². The van der Waals surface area contributed by atoms with Gasteiger partial charge in [0.1, 0.15) is 0 Å². The van der Waals surface area contributed by atoms with Crippen molar-refractivity contribution in [3.05, 3.63) is 23.8 Å². The molecule has 1 fully saturated rings. The molecule has 2 aliphatic rings. The topological polar surface area (TPSA) is 43.7 Å². The zero-order chi connectivity index (χ0) is 23.7. The summed E-state index contributed by atoms with van der Waals surface area (Å²) in [6.45, 7) is 14.9. The number of fused-ring (bicyclic) bond motifs is 1. The van der Waals surface area contributed by atoms with Gasteiger partial charge in [0, 0.05) is 18.0 Å². The minimum atomic E-state index is -0.377. The van der Waals surface area contributed by atoms with E-state index in [4.69, 9.17) is 0 Å². The van der Waals surface area contributed by atoms with E-state index >= 15 is 0 Å². The number of allylic oxidation sites excluding steroid dienone is 2. The van der Waals surface area contributed by atoms with Crippen molar-refractivity contribution in [1.29, 1.82) is 0 Å². The summed E-state index contributed by atoms with van der Waals surface area (Å²) in [4.78, 5) is 2.59. The van der Waals surface area contributed by atoms with Gasteiger partial charge in [0.25, 0.3) is 0 Å². The van der Waals surface area contributed by atoms with Gasteiger partial charge in [-0.05, 0) is 90.5 Å². The lowest BCUT2D eigenvalue weighted by molar-refractivity contribution is 0.139. The molecule has 0 heterocycles. The molecule has 0 aromatic heterocycles. The van der Waals surface area contributed by atoms with E-state index in [1.807, 2.05) is 6.08 Å². The van der Waals surface area contributed by atoms with Gasteiger partial charge in [0.2, 0.25) is 0 Å². The number of unbranched alkanes of at least 4 members (excludes halogenated alkanes) is 3. The summed E-state index contributed by atoms with van der Waals surface area (Å²) in [5, 5.41) is 21.1. The second-order valence-corrected chi connectivity index (χ2v) is 11.4. The van der Waals surface area contributed by atoms with Crippen molar-refractivity contribution in [1.82, 2.24) is 4.90 Å². The number of aliphatic hydroxyl groups is 2. The lowest BCUT2D eigenvalue weighted by Gasteiger charge is -2.30. The van der Waals surface area contributed by atoms with E-state index in [0.717, 1.165) is 19.3 Å². The van der Waals surface area contributed by atoms with Crippen LogP contribution in [0.3, 0.4) is 0 Å². The fourth-order valence-electron chi connectivity index (χ4n) is 6.14. The molecule has 3 heteroatoms. The Morgan fingerprint density at radius 2 is 1.78 bits per heavy atom. The van der Waals surface area contributed by atoms with Gasteiger partial charge in [-0.2, -0.15) is 0 Å². The Morgan fingerprint density at radius 3 is 2.44 bits per heavy atom. The predicted octanol–water partition coefficient (Wildman–Crippen LogP) is 6.74. The summed E-state index contributed by atoms with van der Waals surface area (Å²) < 4.78 is 0. The van der Waals surface area contributed by atoms with Crippen LogP contribution in [0.5, 0.6) is 0 Å². The summed E-state index contributed by atoms with van der Waals surface area (Å²) in [7, 11) is 0. The second-order valence-electron chi connectivity index (χ2n) is 11.4. The van der Waals surface area contributed by atoms with Crippen LogP contribution in [0, 0.1) is 23.7 Å². The minimum Gasteiger partial charge on any atom is -0.392 e. The fraction of sp³-hybridized carbons (Fsp3) is 0.862. The first-order valence-corrected chi connectivity index (χ1v) is 13.7. The van der Waals surface area contributed by atoms with Crippen molar-refractivity contribution in [2.45, 2.75) is 130 Å². The maximum atomic E-state index is 10.6. The molecule has 6 atom stereocenters. The van der Waals surface area contributed by atoms with Gasteiger partial charge in [-0.1, -0.05) is 63.3 Å². The van der Waals surface area contributed by atoms with Gasteiger partial charge >= 0.3 is 0 Å². The molecule has 2 N–H and O–H groups in total. The van der Waals surface area contributed by atoms with Crippen LogP contribution in [0.2, 0.25) is 0 Å². The molecule has 2 aliphatic carbocycles. The van der Waals surface area contributed by atoms with Crippen molar-refractivity contribution in [3.63, 3.8) is 0 Å². The van der Waals surface area contributed by atoms with E-state index in [9.17, 15) is 10.2 Å². The van der Waals surface area contributed by atoms with Crippen molar-refractivity contribution < 1.29 is 10.2 Å². The van der Waals surface area contributed by atoms with Crippen molar-refractivity contribution in [2.75, 3.05) is 6.54 Å². The zero-order valence-electron chi connectivity index (χ0n) is 22.0. The van der Waals surface area contributed by atoms with Crippen molar-refractivity contribution >= 4 is 0 Å². The minimum absolute atomic E-state index is 0.208. The van der Waals surface area contributed by atoms with E-state index < -0.39 is 0 Å². The smallest absolute Gasteiger partial charge is 0.0723 e. The Bertz CT molecular complexity index is 574. The van der Waals surface area contributed by atoms with Crippen LogP contribution in [-0.2, 0) is 0 Å². The van der Waals surface area contributed by atoms with E-state index in [-0.39, 0.29) is 18.1 Å². The summed E-state index contributed by atoms with van der Waals surface area (Å²) >= 11 is 0. The van der Waals surface area contributed by atoms with E-state index in [1.165, 1.54) is 51.5 Å². The van der Waals surface area contributed by atoms with Gasteiger partial charge in [-0.15, -0.1) is 0 Å². The molecule has 0 unspecified atom stereocenters. The Balaban J connectivity index is 1.73.